The largest absolute Gasteiger partial charge is 0.314 e. The minimum Gasteiger partial charge on any atom is -0.314 e. The molecule has 0 unspecified atom stereocenters. The van der Waals surface area contributed by atoms with Crippen LogP contribution in [0.2, 0.25) is 5.02 Å². The summed E-state index contributed by atoms with van der Waals surface area (Å²) in [6.45, 7) is 7.72. The molecule has 0 aromatic heterocycles. The van der Waals surface area contributed by atoms with Gasteiger partial charge in [0.05, 0.1) is 0 Å². The normalized spacial score (nSPS) is 17.6. The summed E-state index contributed by atoms with van der Waals surface area (Å²) >= 11 is 6.28. The Hall–Kier alpha value is -0.570. The lowest BCUT2D eigenvalue weighted by Crippen LogP contribution is -2.44. The Morgan fingerprint density at radius 3 is 2.81 bits per heavy atom. The molecule has 1 aliphatic rings. The van der Waals surface area contributed by atoms with E-state index in [1.165, 1.54) is 11.1 Å². The number of rotatable bonds is 3. The van der Waals surface area contributed by atoms with Gasteiger partial charge in [-0.25, -0.2) is 0 Å². The van der Waals surface area contributed by atoms with E-state index in [1.54, 1.807) is 0 Å². The van der Waals surface area contributed by atoms with Crippen LogP contribution in [0.15, 0.2) is 18.2 Å². The van der Waals surface area contributed by atoms with Crippen LogP contribution in [-0.2, 0) is 6.42 Å². The second-order valence-electron chi connectivity index (χ2n) is 4.39. The van der Waals surface area contributed by atoms with E-state index in [4.69, 9.17) is 11.6 Å². The number of piperazine rings is 1. The van der Waals surface area contributed by atoms with Gasteiger partial charge < -0.3 is 10.2 Å². The fourth-order valence-electron chi connectivity index (χ4n) is 2.11. The van der Waals surface area contributed by atoms with Gasteiger partial charge in [-0.05, 0) is 24.5 Å². The SMILES string of the molecule is Cc1cccc(CCN2CCNCC2)c1Cl. The Kier molecular flexibility index (Phi) is 4.22. The predicted octanol–water partition coefficient (Wildman–Crippen LogP) is 2.10. The van der Waals surface area contributed by atoms with Crippen molar-refractivity contribution in [2.45, 2.75) is 13.3 Å². The first-order valence-corrected chi connectivity index (χ1v) is 6.32. The fraction of sp³-hybridized carbons (Fsp3) is 0.538. The van der Waals surface area contributed by atoms with Crippen LogP contribution in [0, 0.1) is 6.92 Å². The summed E-state index contributed by atoms with van der Waals surface area (Å²) in [6.07, 6.45) is 1.06. The first-order valence-electron chi connectivity index (χ1n) is 5.94. The third kappa shape index (κ3) is 2.97. The number of nitrogens with zero attached hydrogens (tertiary/aromatic N) is 1. The molecule has 3 heteroatoms. The van der Waals surface area contributed by atoms with E-state index < -0.39 is 0 Å². The van der Waals surface area contributed by atoms with Crippen LogP contribution in [0.4, 0.5) is 0 Å². The summed E-state index contributed by atoms with van der Waals surface area (Å²) in [5.41, 5.74) is 2.46. The van der Waals surface area contributed by atoms with Crippen molar-refractivity contribution >= 4 is 11.6 Å². The van der Waals surface area contributed by atoms with Gasteiger partial charge in [0.2, 0.25) is 0 Å². The topological polar surface area (TPSA) is 15.3 Å². The van der Waals surface area contributed by atoms with Crippen LogP contribution in [0.1, 0.15) is 11.1 Å². The molecule has 1 N–H and O–H groups in total. The maximum atomic E-state index is 6.28. The Bertz CT molecular complexity index is 346. The van der Waals surface area contributed by atoms with E-state index in [1.807, 2.05) is 0 Å². The van der Waals surface area contributed by atoms with Gasteiger partial charge >= 0.3 is 0 Å². The van der Waals surface area contributed by atoms with Gasteiger partial charge in [-0.2, -0.15) is 0 Å². The van der Waals surface area contributed by atoms with E-state index in [2.05, 4.69) is 35.3 Å². The Morgan fingerprint density at radius 2 is 2.06 bits per heavy atom. The average Bonchev–Trinajstić information content (AvgIpc) is 2.32. The van der Waals surface area contributed by atoms with Gasteiger partial charge in [-0.1, -0.05) is 29.8 Å². The number of hydrogen-bond acceptors (Lipinski definition) is 2. The van der Waals surface area contributed by atoms with E-state index in [-0.39, 0.29) is 0 Å². The Labute approximate surface area is 103 Å². The highest BCUT2D eigenvalue weighted by atomic mass is 35.5. The molecule has 0 bridgehead atoms. The lowest BCUT2D eigenvalue weighted by Gasteiger charge is -2.27. The van der Waals surface area contributed by atoms with Gasteiger partial charge in [0.15, 0.2) is 0 Å². The molecule has 0 saturated carbocycles. The molecule has 0 atom stereocenters. The fourth-order valence-corrected chi connectivity index (χ4v) is 2.34. The Morgan fingerprint density at radius 1 is 1.31 bits per heavy atom. The monoisotopic (exact) mass is 238 g/mol. The van der Waals surface area contributed by atoms with Crippen LogP contribution in [0.25, 0.3) is 0 Å². The van der Waals surface area contributed by atoms with Crippen LogP contribution in [0.5, 0.6) is 0 Å². The molecule has 1 fully saturated rings. The molecule has 16 heavy (non-hydrogen) atoms. The minimum absolute atomic E-state index is 0.942. The zero-order valence-electron chi connectivity index (χ0n) is 9.80. The molecule has 1 aromatic carbocycles. The molecule has 1 aromatic rings. The van der Waals surface area contributed by atoms with Crippen molar-refractivity contribution in [2.75, 3.05) is 32.7 Å². The van der Waals surface area contributed by atoms with Crippen molar-refractivity contribution < 1.29 is 0 Å². The summed E-state index contributed by atoms with van der Waals surface area (Å²) in [7, 11) is 0. The van der Waals surface area contributed by atoms with Crippen LogP contribution >= 0.6 is 11.6 Å². The Balaban J connectivity index is 1.91. The van der Waals surface area contributed by atoms with Gasteiger partial charge in [-0.3, -0.25) is 0 Å². The number of halogens is 1. The smallest absolute Gasteiger partial charge is 0.0467 e. The second kappa shape index (κ2) is 5.67. The molecular formula is C13H19ClN2. The third-order valence-corrected chi connectivity index (χ3v) is 3.72. The van der Waals surface area contributed by atoms with Crippen LogP contribution < -0.4 is 5.32 Å². The minimum atomic E-state index is 0.942. The lowest BCUT2D eigenvalue weighted by molar-refractivity contribution is 0.244. The maximum absolute atomic E-state index is 6.28. The number of aryl methyl sites for hydroxylation is 1. The molecule has 1 heterocycles. The molecule has 0 spiro atoms. The lowest BCUT2D eigenvalue weighted by atomic mass is 10.1. The average molecular weight is 239 g/mol. The highest BCUT2D eigenvalue weighted by molar-refractivity contribution is 6.32. The maximum Gasteiger partial charge on any atom is 0.0467 e. The van der Waals surface area contributed by atoms with Crippen LogP contribution in [-0.4, -0.2) is 37.6 Å². The zero-order chi connectivity index (χ0) is 11.4. The van der Waals surface area contributed by atoms with Crippen molar-refractivity contribution in [3.63, 3.8) is 0 Å². The first-order chi connectivity index (χ1) is 7.77. The van der Waals surface area contributed by atoms with Crippen molar-refractivity contribution in [3.05, 3.63) is 34.3 Å². The summed E-state index contributed by atoms with van der Waals surface area (Å²) in [4.78, 5) is 2.50. The van der Waals surface area contributed by atoms with Crippen molar-refractivity contribution in [3.8, 4) is 0 Å². The number of benzene rings is 1. The molecule has 88 valence electrons. The van der Waals surface area contributed by atoms with Gasteiger partial charge in [0.1, 0.15) is 0 Å². The molecule has 2 nitrogen and oxygen atoms in total. The van der Waals surface area contributed by atoms with E-state index >= 15 is 0 Å². The molecule has 1 saturated heterocycles. The standard InChI is InChI=1S/C13H19ClN2/c1-11-3-2-4-12(13(11)14)5-8-16-9-6-15-7-10-16/h2-4,15H,5-10H2,1H3. The van der Waals surface area contributed by atoms with E-state index in [9.17, 15) is 0 Å². The summed E-state index contributed by atoms with van der Waals surface area (Å²) in [5, 5.41) is 4.31. The number of nitrogens with one attached hydrogen (secondary N) is 1. The molecule has 2 rings (SSSR count). The van der Waals surface area contributed by atoms with Gasteiger partial charge in [0.25, 0.3) is 0 Å². The van der Waals surface area contributed by atoms with E-state index in [0.717, 1.165) is 44.2 Å². The predicted molar refractivity (Wildman–Crippen MR) is 69.2 cm³/mol. The van der Waals surface area contributed by atoms with Crippen molar-refractivity contribution in [2.24, 2.45) is 0 Å². The first kappa shape index (κ1) is 11.9. The summed E-state index contributed by atoms with van der Waals surface area (Å²) in [5.74, 6) is 0. The molecule has 0 radical (unpaired) electrons. The van der Waals surface area contributed by atoms with Crippen molar-refractivity contribution in [1.82, 2.24) is 10.2 Å². The molecule has 1 aliphatic heterocycles. The van der Waals surface area contributed by atoms with E-state index in [0.29, 0.717) is 0 Å². The third-order valence-electron chi connectivity index (χ3n) is 3.18. The highest BCUT2D eigenvalue weighted by Gasteiger charge is 2.10. The van der Waals surface area contributed by atoms with Gasteiger partial charge in [0, 0.05) is 37.7 Å². The summed E-state index contributed by atoms with van der Waals surface area (Å²) < 4.78 is 0. The molecular weight excluding hydrogens is 220 g/mol. The summed E-state index contributed by atoms with van der Waals surface area (Å²) in [6, 6.07) is 6.29. The second-order valence-corrected chi connectivity index (χ2v) is 4.77. The van der Waals surface area contributed by atoms with Crippen LogP contribution in [0.3, 0.4) is 0 Å². The number of hydrogen-bond donors (Lipinski definition) is 1. The zero-order valence-corrected chi connectivity index (χ0v) is 10.6. The quantitative estimate of drug-likeness (QED) is 0.868. The molecule has 0 amide bonds. The van der Waals surface area contributed by atoms with Crippen molar-refractivity contribution in [1.29, 1.82) is 0 Å². The highest BCUT2D eigenvalue weighted by Crippen LogP contribution is 2.20. The molecule has 0 aliphatic carbocycles. The van der Waals surface area contributed by atoms with Gasteiger partial charge in [-0.15, -0.1) is 0 Å².